The van der Waals surface area contributed by atoms with Crippen LogP contribution in [0.4, 0.5) is 10.1 Å². The summed E-state index contributed by atoms with van der Waals surface area (Å²) in [6.07, 6.45) is 0.139. The molecule has 1 N–H and O–H groups in total. The summed E-state index contributed by atoms with van der Waals surface area (Å²) in [6, 6.07) is 23.4. The average molecular weight is 673 g/mol. The molecule has 0 fully saturated rings. The predicted molar refractivity (Wildman–Crippen MR) is 174 cm³/mol. The highest BCUT2D eigenvalue weighted by atomic mass is 35.5. The molecule has 45 heavy (non-hydrogen) atoms. The summed E-state index contributed by atoms with van der Waals surface area (Å²) in [5, 5.41) is 3.28. The Labute approximate surface area is 272 Å². The number of nitrogens with zero attached hydrogens (tertiary/aromatic N) is 2. The summed E-state index contributed by atoms with van der Waals surface area (Å²) in [7, 11) is -2.90. The Balaban J connectivity index is 1.79. The van der Waals surface area contributed by atoms with Crippen molar-refractivity contribution >= 4 is 50.7 Å². The fraction of sp³-hybridized carbons (Fsp3) is 0.212. The zero-order valence-electron chi connectivity index (χ0n) is 24.6. The molecule has 0 radical (unpaired) electrons. The third-order valence-corrected chi connectivity index (χ3v) is 9.36. The fourth-order valence-corrected chi connectivity index (χ4v) is 6.57. The molecule has 4 rings (SSSR count). The molecule has 0 saturated carbocycles. The van der Waals surface area contributed by atoms with Gasteiger partial charge in [-0.05, 0) is 78.7 Å². The van der Waals surface area contributed by atoms with E-state index in [2.05, 4.69) is 5.32 Å². The van der Waals surface area contributed by atoms with Crippen LogP contribution in [0.5, 0.6) is 5.75 Å². The second kappa shape index (κ2) is 15.2. The van der Waals surface area contributed by atoms with E-state index in [1.807, 2.05) is 30.3 Å². The van der Waals surface area contributed by atoms with E-state index in [-0.39, 0.29) is 28.6 Å². The third-order valence-electron chi connectivity index (χ3n) is 6.99. The first kappa shape index (κ1) is 33.8. The van der Waals surface area contributed by atoms with Gasteiger partial charge in [0.1, 0.15) is 24.2 Å². The van der Waals surface area contributed by atoms with E-state index in [1.165, 1.54) is 54.4 Å². The van der Waals surface area contributed by atoms with Gasteiger partial charge in [-0.15, -0.1) is 0 Å². The van der Waals surface area contributed by atoms with E-state index in [0.717, 1.165) is 22.0 Å². The molecule has 0 aliphatic heterocycles. The number of hydrogen-bond donors (Lipinski definition) is 1. The van der Waals surface area contributed by atoms with Crippen molar-refractivity contribution in [2.24, 2.45) is 0 Å². The number of nitrogens with one attached hydrogen (secondary N) is 1. The van der Waals surface area contributed by atoms with Gasteiger partial charge in [-0.2, -0.15) is 0 Å². The molecule has 0 heterocycles. The highest BCUT2D eigenvalue weighted by Crippen LogP contribution is 2.28. The second-order valence-electron chi connectivity index (χ2n) is 9.97. The molecular formula is C33H32Cl2FN3O5S. The number of carbonyl (C=O) groups excluding carboxylic acids is 2. The first-order valence-electron chi connectivity index (χ1n) is 14.0. The standard InChI is InChI=1S/C33H32Cl2FN3O5S/c1-3-44-28-15-17-29(18-16-28)45(42,43)39(27-13-11-26(36)12-14-27)22-32(40)38(21-24-9-10-25(34)20-30(24)35)31(33(41)37-2)19-23-7-5-4-6-8-23/h4-18,20,31H,3,19,21-22H2,1-2H3,(H,37,41)/t31-/m1/s1. The van der Waals surface area contributed by atoms with Crippen LogP contribution in [0.15, 0.2) is 102 Å². The Kier molecular flexibility index (Phi) is 11.4. The maximum Gasteiger partial charge on any atom is 0.264 e. The van der Waals surface area contributed by atoms with E-state index >= 15 is 0 Å². The number of sulfonamides is 1. The SMILES string of the molecule is CCOc1ccc(S(=O)(=O)N(CC(=O)N(Cc2ccc(Cl)cc2Cl)[C@H](Cc2ccccc2)C(=O)NC)c2ccc(F)cc2)cc1. The van der Waals surface area contributed by atoms with Gasteiger partial charge in [-0.25, -0.2) is 12.8 Å². The minimum absolute atomic E-state index is 0.0580. The lowest BCUT2D eigenvalue weighted by molar-refractivity contribution is -0.139. The summed E-state index contributed by atoms with van der Waals surface area (Å²) >= 11 is 12.6. The summed E-state index contributed by atoms with van der Waals surface area (Å²) in [4.78, 5) is 28.9. The molecule has 0 saturated heterocycles. The largest absolute Gasteiger partial charge is 0.494 e. The minimum atomic E-state index is -4.36. The van der Waals surface area contributed by atoms with Gasteiger partial charge in [0.15, 0.2) is 0 Å². The number of anilines is 1. The number of halogens is 3. The Morgan fingerprint density at radius 1 is 0.933 bits per heavy atom. The molecule has 4 aromatic rings. The number of carbonyl (C=O) groups is 2. The lowest BCUT2D eigenvalue weighted by atomic mass is 10.0. The van der Waals surface area contributed by atoms with Gasteiger partial charge in [-0.3, -0.25) is 13.9 Å². The number of ether oxygens (including phenoxy) is 1. The van der Waals surface area contributed by atoms with Crippen LogP contribution < -0.4 is 14.4 Å². The molecule has 236 valence electrons. The van der Waals surface area contributed by atoms with Gasteiger partial charge in [-0.1, -0.05) is 59.6 Å². The molecule has 0 aliphatic rings. The lowest BCUT2D eigenvalue weighted by Gasteiger charge is -2.33. The molecule has 0 bridgehead atoms. The van der Waals surface area contributed by atoms with E-state index in [4.69, 9.17) is 27.9 Å². The first-order chi connectivity index (χ1) is 21.5. The van der Waals surface area contributed by atoms with Crippen LogP contribution in [-0.2, 0) is 32.6 Å². The predicted octanol–water partition coefficient (Wildman–Crippen LogP) is 6.11. The van der Waals surface area contributed by atoms with Crippen LogP contribution in [0.2, 0.25) is 10.0 Å². The highest BCUT2D eigenvalue weighted by Gasteiger charge is 2.34. The lowest BCUT2D eigenvalue weighted by Crippen LogP contribution is -2.53. The normalized spacial score (nSPS) is 11.8. The van der Waals surface area contributed by atoms with Gasteiger partial charge >= 0.3 is 0 Å². The van der Waals surface area contributed by atoms with Crippen LogP contribution in [0.3, 0.4) is 0 Å². The van der Waals surface area contributed by atoms with Gasteiger partial charge in [0, 0.05) is 30.1 Å². The smallest absolute Gasteiger partial charge is 0.264 e. The highest BCUT2D eigenvalue weighted by molar-refractivity contribution is 7.92. The first-order valence-corrected chi connectivity index (χ1v) is 16.2. The van der Waals surface area contributed by atoms with Crippen molar-refractivity contribution < 1.29 is 27.1 Å². The molecule has 1 atom stereocenters. The summed E-state index contributed by atoms with van der Waals surface area (Å²) < 4.78 is 48.3. The van der Waals surface area contributed by atoms with Crippen LogP contribution >= 0.6 is 23.2 Å². The molecular weight excluding hydrogens is 640 g/mol. The average Bonchev–Trinajstić information content (AvgIpc) is 3.03. The number of amides is 2. The molecule has 0 aromatic heterocycles. The minimum Gasteiger partial charge on any atom is -0.494 e. The Morgan fingerprint density at radius 2 is 1.60 bits per heavy atom. The molecule has 0 unspecified atom stereocenters. The van der Waals surface area contributed by atoms with Crippen molar-refractivity contribution in [3.05, 3.63) is 124 Å². The van der Waals surface area contributed by atoms with Gasteiger partial charge in [0.25, 0.3) is 10.0 Å². The van der Waals surface area contributed by atoms with Crippen molar-refractivity contribution in [2.45, 2.75) is 30.8 Å². The molecule has 8 nitrogen and oxygen atoms in total. The topological polar surface area (TPSA) is 96.0 Å². The number of rotatable bonds is 13. The summed E-state index contributed by atoms with van der Waals surface area (Å²) in [5.74, 6) is -1.25. The van der Waals surface area contributed by atoms with Crippen LogP contribution in [-0.4, -0.2) is 51.4 Å². The van der Waals surface area contributed by atoms with Crippen molar-refractivity contribution in [3.63, 3.8) is 0 Å². The maximum absolute atomic E-state index is 14.3. The quantitative estimate of drug-likeness (QED) is 0.185. The molecule has 4 aromatic carbocycles. The molecule has 12 heteroatoms. The van der Waals surface area contributed by atoms with E-state index in [9.17, 15) is 22.4 Å². The maximum atomic E-state index is 14.3. The van der Waals surface area contributed by atoms with Gasteiger partial charge in [0.2, 0.25) is 11.8 Å². The Bertz CT molecular complexity index is 1720. The van der Waals surface area contributed by atoms with Gasteiger partial charge < -0.3 is 15.0 Å². The summed E-state index contributed by atoms with van der Waals surface area (Å²) in [6.45, 7) is 1.37. The van der Waals surface area contributed by atoms with Crippen molar-refractivity contribution in [2.75, 3.05) is 24.5 Å². The van der Waals surface area contributed by atoms with Crippen molar-refractivity contribution in [3.8, 4) is 5.75 Å². The zero-order valence-corrected chi connectivity index (χ0v) is 26.9. The van der Waals surface area contributed by atoms with Crippen LogP contribution in [0.25, 0.3) is 0 Å². The van der Waals surface area contributed by atoms with E-state index in [0.29, 0.717) is 22.9 Å². The van der Waals surface area contributed by atoms with E-state index in [1.54, 1.807) is 19.1 Å². The molecule has 0 aliphatic carbocycles. The fourth-order valence-electron chi connectivity index (χ4n) is 4.69. The van der Waals surface area contributed by atoms with Crippen molar-refractivity contribution in [1.82, 2.24) is 10.2 Å². The van der Waals surface area contributed by atoms with Crippen LogP contribution in [0.1, 0.15) is 18.1 Å². The third kappa shape index (κ3) is 8.54. The molecule has 2 amide bonds. The Hall–Kier alpha value is -4.12. The monoisotopic (exact) mass is 671 g/mol. The van der Waals surface area contributed by atoms with Gasteiger partial charge in [0.05, 0.1) is 17.2 Å². The Morgan fingerprint density at radius 3 is 2.20 bits per heavy atom. The summed E-state index contributed by atoms with van der Waals surface area (Å²) in [5.41, 5.74) is 1.34. The van der Waals surface area contributed by atoms with Crippen LogP contribution in [0, 0.1) is 5.82 Å². The number of likely N-dealkylation sites (N-methyl/N-ethyl adjacent to an activating group) is 1. The number of hydrogen-bond acceptors (Lipinski definition) is 5. The van der Waals surface area contributed by atoms with Crippen molar-refractivity contribution in [1.29, 1.82) is 0 Å². The zero-order chi connectivity index (χ0) is 32.6. The second-order valence-corrected chi connectivity index (χ2v) is 12.7. The molecule has 0 spiro atoms. The van der Waals surface area contributed by atoms with E-state index < -0.39 is 40.2 Å². The number of benzene rings is 4.